The lowest BCUT2D eigenvalue weighted by molar-refractivity contribution is 0.172. The van der Waals surface area contributed by atoms with Crippen LogP contribution in [0.5, 0.6) is 17.4 Å². The van der Waals surface area contributed by atoms with Crippen LogP contribution in [0.3, 0.4) is 0 Å². The van der Waals surface area contributed by atoms with E-state index in [0.717, 1.165) is 53.1 Å². The molecule has 184 valence electrons. The van der Waals surface area contributed by atoms with Gasteiger partial charge in [-0.15, -0.1) is 0 Å². The second-order valence-corrected chi connectivity index (χ2v) is 9.28. The standard InChI is InChI=1S/C28H34N4O3/c1-32-14-12-21(13-15-32)19-29-18-20-6-8-22(9-7-20)30-25-11-10-24(31-28(25)33-2)23-4-3-5-26-27(23)35-17-16-34-26/h3-11,21,29-30H,12-19H2,1-2H3. The van der Waals surface area contributed by atoms with Crippen molar-refractivity contribution in [1.29, 1.82) is 0 Å². The lowest BCUT2D eigenvalue weighted by Gasteiger charge is -2.29. The van der Waals surface area contributed by atoms with Crippen molar-refractivity contribution in [3.05, 3.63) is 60.2 Å². The predicted molar refractivity (Wildman–Crippen MR) is 139 cm³/mol. The van der Waals surface area contributed by atoms with Crippen LogP contribution in [0.15, 0.2) is 54.6 Å². The van der Waals surface area contributed by atoms with Crippen LogP contribution in [0.1, 0.15) is 18.4 Å². The zero-order valence-electron chi connectivity index (χ0n) is 20.5. The Hall–Kier alpha value is -3.29. The Labute approximate surface area is 207 Å². The van der Waals surface area contributed by atoms with Crippen LogP contribution in [0.2, 0.25) is 0 Å². The predicted octanol–water partition coefficient (Wildman–Crippen LogP) is 4.70. The monoisotopic (exact) mass is 474 g/mol. The number of likely N-dealkylation sites (tertiary alicyclic amines) is 1. The summed E-state index contributed by atoms with van der Waals surface area (Å²) in [6, 6.07) is 18.3. The molecule has 0 radical (unpaired) electrons. The number of methoxy groups -OCH3 is 1. The fraction of sp³-hybridized carbons (Fsp3) is 0.393. The van der Waals surface area contributed by atoms with Crippen molar-refractivity contribution in [2.45, 2.75) is 19.4 Å². The highest BCUT2D eigenvalue weighted by Gasteiger charge is 2.19. The van der Waals surface area contributed by atoms with E-state index in [9.17, 15) is 0 Å². The Morgan fingerprint density at radius 3 is 2.60 bits per heavy atom. The van der Waals surface area contributed by atoms with Crippen molar-refractivity contribution >= 4 is 11.4 Å². The molecule has 0 bridgehead atoms. The van der Waals surface area contributed by atoms with Crippen molar-refractivity contribution in [2.75, 3.05) is 52.3 Å². The third-order valence-corrected chi connectivity index (χ3v) is 6.73. The highest BCUT2D eigenvalue weighted by molar-refractivity contribution is 5.74. The Kier molecular flexibility index (Phi) is 7.35. The molecular formula is C28H34N4O3. The lowest BCUT2D eigenvalue weighted by atomic mass is 9.97. The van der Waals surface area contributed by atoms with Gasteiger partial charge < -0.3 is 29.7 Å². The zero-order chi connectivity index (χ0) is 24.0. The largest absolute Gasteiger partial charge is 0.486 e. The van der Waals surface area contributed by atoms with Crippen LogP contribution in [0, 0.1) is 5.92 Å². The summed E-state index contributed by atoms with van der Waals surface area (Å²) >= 11 is 0. The van der Waals surface area contributed by atoms with Crippen molar-refractivity contribution in [3.8, 4) is 28.6 Å². The number of hydrogen-bond acceptors (Lipinski definition) is 7. The second kappa shape index (κ2) is 11.0. The molecule has 35 heavy (non-hydrogen) atoms. The van der Waals surface area contributed by atoms with Crippen molar-refractivity contribution in [1.82, 2.24) is 15.2 Å². The summed E-state index contributed by atoms with van der Waals surface area (Å²) in [5.74, 6) is 2.79. The molecule has 0 aliphatic carbocycles. The maximum atomic E-state index is 5.86. The molecule has 0 saturated carbocycles. The number of piperidine rings is 1. The molecule has 2 aromatic carbocycles. The summed E-state index contributed by atoms with van der Waals surface area (Å²) in [6.45, 7) is 5.49. The van der Waals surface area contributed by atoms with Crippen molar-refractivity contribution in [2.24, 2.45) is 5.92 Å². The Balaban J connectivity index is 1.22. The van der Waals surface area contributed by atoms with Gasteiger partial charge in [0.1, 0.15) is 18.9 Å². The molecule has 0 atom stereocenters. The van der Waals surface area contributed by atoms with Gasteiger partial charge in [-0.2, -0.15) is 0 Å². The minimum atomic E-state index is 0.528. The summed E-state index contributed by atoms with van der Waals surface area (Å²) in [7, 11) is 3.84. The van der Waals surface area contributed by atoms with Gasteiger partial charge in [-0.1, -0.05) is 18.2 Å². The Bertz CT molecular complexity index is 1130. The van der Waals surface area contributed by atoms with E-state index >= 15 is 0 Å². The van der Waals surface area contributed by atoms with E-state index in [2.05, 4.69) is 46.8 Å². The highest BCUT2D eigenvalue weighted by atomic mass is 16.6. The lowest BCUT2D eigenvalue weighted by Crippen LogP contribution is -2.34. The normalized spacial score (nSPS) is 16.2. The number of anilines is 2. The topological polar surface area (TPSA) is 67.9 Å². The van der Waals surface area contributed by atoms with Gasteiger partial charge in [0, 0.05) is 17.8 Å². The van der Waals surface area contributed by atoms with Crippen LogP contribution >= 0.6 is 0 Å². The van der Waals surface area contributed by atoms with Crippen LogP contribution in [-0.2, 0) is 6.54 Å². The molecule has 2 N–H and O–H groups in total. The summed E-state index contributed by atoms with van der Waals surface area (Å²) in [5.41, 5.74) is 4.75. The van der Waals surface area contributed by atoms with Gasteiger partial charge in [0.2, 0.25) is 5.88 Å². The van der Waals surface area contributed by atoms with Gasteiger partial charge in [-0.05, 0) is 87.4 Å². The summed E-state index contributed by atoms with van der Waals surface area (Å²) in [4.78, 5) is 7.15. The molecule has 0 spiro atoms. The van der Waals surface area contributed by atoms with Gasteiger partial charge in [0.15, 0.2) is 11.5 Å². The third kappa shape index (κ3) is 5.69. The summed E-state index contributed by atoms with van der Waals surface area (Å²) in [6.07, 6.45) is 2.57. The van der Waals surface area contributed by atoms with Crippen molar-refractivity contribution < 1.29 is 14.2 Å². The van der Waals surface area contributed by atoms with E-state index in [0.29, 0.717) is 19.1 Å². The molecule has 3 aromatic rings. The fourth-order valence-electron chi connectivity index (χ4n) is 4.66. The first-order chi connectivity index (χ1) is 17.2. The van der Waals surface area contributed by atoms with Crippen molar-refractivity contribution in [3.63, 3.8) is 0 Å². The molecule has 1 aromatic heterocycles. The molecule has 1 saturated heterocycles. The molecule has 2 aliphatic heterocycles. The van der Waals surface area contributed by atoms with E-state index in [-0.39, 0.29) is 0 Å². The minimum absolute atomic E-state index is 0.528. The molecule has 0 unspecified atom stereocenters. The number of ether oxygens (including phenoxy) is 3. The van der Waals surface area contributed by atoms with Gasteiger partial charge in [-0.25, -0.2) is 4.98 Å². The van der Waals surface area contributed by atoms with Crippen LogP contribution in [0.25, 0.3) is 11.3 Å². The second-order valence-electron chi connectivity index (χ2n) is 9.28. The van der Waals surface area contributed by atoms with E-state index in [1.165, 1.54) is 31.5 Å². The number of fused-ring (bicyclic) bond motifs is 1. The van der Waals surface area contributed by atoms with E-state index in [4.69, 9.17) is 19.2 Å². The van der Waals surface area contributed by atoms with E-state index in [1.807, 2.05) is 30.3 Å². The van der Waals surface area contributed by atoms with E-state index < -0.39 is 0 Å². The van der Waals surface area contributed by atoms with Crippen LogP contribution in [-0.4, -0.2) is 56.9 Å². The number of aromatic nitrogens is 1. The number of hydrogen-bond donors (Lipinski definition) is 2. The zero-order valence-corrected chi connectivity index (χ0v) is 20.5. The van der Waals surface area contributed by atoms with E-state index in [1.54, 1.807) is 7.11 Å². The Morgan fingerprint density at radius 1 is 1.00 bits per heavy atom. The maximum absolute atomic E-state index is 5.86. The number of benzene rings is 2. The van der Waals surface area contributed by atoms with Gasteiger partial charge in [0.25, 0.3) is 0 Å². The maximum Gasteiger partial charge on any atom is 0.238 e. The smallest absolute Gasteiger partial charge is 0.238 e. The molecule has 2 aliphatic rings. The molecule has 1 fully saturated rings. The quantitative estimate of drug-likeness (QED) is 0.490. The minimum Gasteiger partial charge on any atom is -0.486 e. The third-order valence-electron chi connectivity index (χ3n) is 6.73. The average Bonchev–Trinajstić information content (AvgIpc) is 2.91. The molecule has 0 amide bonds. The van der Waals surface area contributed by atoms with Crippen LogP contribution < -0.4 is 24.8 Å². The molecule has 3 heterocycles. The first-order valence-corrected chi connectivity index (χ1v) is 12.4. The average molecular weight is 475 g/mol. The fourth-order valence-corrected chi connectivity index (χ4v) is 4.66. The van der Waals surface area contributed by atoms with Crippen LogP contribution in [0.4, 0.5) is 11.4 Å². The summed E-state index contributed by atoms with van der Waals surface area (Å²) < 4.78 is 17.2. The highest BCUT2D eigenvalue weighted by Crippen LogP contribution is 2.40. The first-order valence-electron chi connectivity index (χ1n) is 12.4. The molecule has 7 heteroatoms. The number of pyridine rings is 1. The molecular weight excluding hydrogens is 440 g/mol. The SMILES string of the molecule is COc1nc(-c2cccc3c2OCCO3)ccc1Nc1ccc(CNCC2CCN(C)CC2)cc1. The van der Waals surface area contributed by atoms with Gasteiger partial charge in [0.05, 0.1) is 12.8 Å². The number of nitrogens with one attached hydrogen (secondary N) is 2. The van der Waals surface area contributed by atoms with Gasteiger partial charge in [-0.3, -0.25) is 0 Å². The summed E-state index contributed by atoms with van der Waals surface area (Å²) in [5, 5.41) is 7.06. The molecule has 7 nitrogen and oxygen atoms in total. The number of para-hydroxylation sites is 1. The number of nitrogens with zero attached hydrogens (tertiary/aromatic N) is 2. The van der Waals surface area contributed by atoms with Gasteiger partial charge >= 0.3 is 0 Å². The first kappa shape index (κ1) is 23.5. The number of rotatable bonds is 8. The Morgan fingerprint density at radius 2 is 1.80 bits per heavy atom. The molecule has 5 rings (SSSR count).